The summed E-state index contributed by atoms with van der Waals surface area (Å²) >= 11 is 0. The Balaban J connectivity index is 2.28. The summed E-state index contributed by atoms with van der Waals surface area (Å²) in [6.07, 6.45) is 1.24. The minimum Gasteiger partial charge on any atom is -0.496 e. The predicted molar refractivity (Wildman–Crippen MR) is 119 cm³/mol. The highest BCUT2D eigenvalue weighted by molar-refractivity contribution is 6.18. The van der Waals surface area contributed by atoms with Crippen molar-refractivity contribution in [3.8, 4) is 33.8 Å². The van der Waals surface area contributed by atoms with E-state index >= 15 is 0 Å². The topological polar surface area (TPSA) is 52.6 Å². The summed E-state index contributed by atoms with van der Waals surface area (Å²) in [6, 6.07) is 15.0. The molecule has 0 unspecified atom stereocenters. The molecule has 0 radical (unpaired) electrons. The van der Waals surface area contributed by atoms with Crippen molar-refractivity contribution in [1.29, 1.82) is 0 Å². The predicted octanol–water partition coefficient (Wildman–Crippen LogP) is 6.09. The lowest BCUT2D eigenvalue weighted by molar-refractivity contribution is 0.111. The van der Waals surface area contributed by atoms with Gasteiger partial charge in [0.25, 0.3) is 0 Å². The summed E-state index contributed by atoms with van der Waals surface area (Å²) in [7, 11) is 2.84. The molecule has 0 bridgehead atoms. The van der Waals surface area contributed by atoms with Crippen molar-refractivity contribution in [2.24, 2.45) is 0 Å². The molecule has 6 heteroatoms. The highest BCUT2D eigenvalue weighted by atomic mass is 19.1. The second kappa shape index (κ2) is 8.59. The SMILES string of the molecule is COc1ccc2c(-c3ccc(F)cc3)c(-c3ccc(F)cc3)c(OC)c(C=O)c2c1C=O. The number of halogens is 2. The Hall–Kier alpha value is -4.06. The van der Waals surface area contributed by atoms with Crippen molar-refractivity contribution in [1.82, 2.24) is 0 Å². The van der Waals surface area contributed by atoms with Gasteiger partial charge in [-0.25, -0.2) is 8.78 Å². The van der Waals surface area contributed by atoms with Crippen molar-refractivity contribution in [3.63, 3.8) is 0 Å². The maximum atomic E-state index is 13.7. The molecule has 4 aromatic carbocycles. The number of carbonyl (C=O) groups is 2. The molecule has 0 atom stereocenters. The van der Waals surface area contributed by atoms with Crippen LogP contribution in [0.4, 0.5) is 8.78 Å². The van der Waals surface area contributed by atoms with E-state index in [9.17, 15) is 18.4 Å². The van der Waals surface area contributed by atoms with Crippen LogP contribution in [0.2, 0.25) is 0 Å². The Bertz CT molecular complexity index is 1330. The summed E-state index contributed by atoms with van der Waals surface area (Å²) in [5.74, 6) is -0.305. The molecule has 0 aliphatic heterocycles. The lowest BCUT2D eigenvalue weighted by atomic mass is 9.85. The van der Waals surface area contributed by atoms with Gasteiger partial charge in [0.2, 0.25) is 0 Å². The Morgan fingerprint density at radius 1 is 0.656 bits per heavy atom. The van der Waals surface area contributed by atoms with Gasteiger partial charge < -0.3 is 9.47 Å². The van der Waals surface area contributed by atoms with Gasteiger partial charge in [-0.3, -0.25) is 9.59 Å². The number of rotatable bonds is 6. The number of aldehydes is 2. The van der Waals surface area contributed by atoms with Gasteiger partial charge in [0.15, 0.2) is 12.6 Å². The summed E-state index contributed by atoms with van der Waals surface area (Å²) in [5.41, 5.74) is 2.72. The van der Waals surface area contributed by atoms with Crippen molar-refractivity contribution in [2.75, 3.05) is 14.2 Å². The van der Waals surface area contributed by atoms with E-state index in [0.29, 0.717) is 51.3 Å². The van der Waals surface area contributed by atoms with Crippen LogP contribution in [0.25, 0.3) is 33.0 Å². The third kappa shape index (κ3) is 3.39. The van der Waals surface area contributed by atoms with E-state index in [2.05, 4.69) is 0 Å². The summed E-state index contributed by atoms with van der Waals surface area (Å²) in [4.78, 5) is 24.3. The average Bonchev–Trinajstić information content (AvgIpc) is 2.82. The van der Waals surface area contributed by atoms with Gasteiger partial charge >= 0.3 is 0 Å². The van der Waals surface area contributed by atoms with Gasteiger partial charge in [-0.05, 0) is 52.9 Å². The van der Waals surface area contributed by atoms with Crippen LogP contribution >= 0.6 is 0 Å². The van der Waals surface area contributed by atoms with Crippen LogP contribution in [0, 0.1) is 11.6 Å². The third-order valence-electron chi connectivity index (χ3n) is 5.39. The molecule has 0 aromatic heterocycles. The normalized spacial score (nSPS) is 10.8. The van der Waals surface area contributed by atoms with Crippen LogP contribution < -0.4 is 9.47 Å². The van der Waals surface area contributed by atoms with E-state index < -0.39 is 11.6 Å². The van der Waals surface area contributed by atoms with Crippen LogP contribution in [0.1, 0.15) is 20.7 Å². The van der Waals surface area contributed by atoms with Gasteiger partial charge in [-0.2, -0.15) is 0 Å². The standard InChI is InChI=1S/C26H18F2O4/c1-31-22-12-11-19-23(15-3-7-17(27)8-4-15)24(16-5-9-18(28)10-6-16)26(32-2)21(14-30)25(19)20(22)13-29/h3-14H,1-2H3. The van der Waals surface area contributed by atoms with Crippen molar-refractivity contribution in [3.05, 3.63) is 83.4 Å². The first kappa shape index (κ1) is 21.2. The van der Waals surface area contributed by atoms with Crippen LogP contribution in [0.5, 0.6) is 11.5 Å². The van der Waals surface area contributed by atoms with Crippen molar-refractivity contribution in [2.45, 2.75) is 0 Å². The molecule has 0 heterocycles. The number of hydrogen-bond donors (Lipinski definition) is 0. The number of benzene rings is 4. The van der Waals surface area contributed by atoms with Crippen molar-refractivity contribution < 1.29 is 27.8 Å². The smallest absolute Gasteiger partial charge is 0.154 e. The fraction of sp³-hybridized carbons (Fsp3) is 0.0769. The minimum atomic E-state index is -0.416. The Morgan fingerprint density at radius 3 is 1.66 bits per heavy atom. The Morgan fingerprint density at radius 2 is 1.19 bits per heavy atom. The van der Waals surface area contributed by atoms with E-state index in [-0.39, 0.29) is 16.9 Å². The minimum absolute atomic E-state index is 0.161. The zero-order chi connectivity index (χ0) is 22.8. The molecule has 32 heavy (non-hydrogen) atoms. The highest BCUT2D eigenvalue weighted by Gasteiger charge is 2.25. The molecule has 4 aromatic rings. The first-order valence-electron chi connectivity index (χ1n) is 9.70. The number of methoxy groups -OCH3 is 2. The lowest BCUT2D eigenvalue weighted by Crippen LogP contribution is -2.03. The fourth-order valence-corrected chi connectivity index (χ4v) is 4.02. The maximum absolute atomic E-state index is 13.7. The van der Waals surface area contributed by atoms with Gasteiger partial charge in [0.05, 0.1) is 25.3 Å². The number of ether oxygens (including phenoxy) is 2. The maximum Gasteiger partial charge on any atom is 0.154 e. The second-order valence-electron chi connectivity index (χ2n) is 7.05. The Labute approximate surface area is 183 Å². The summed E-state index contributed by atoms with van der Waals surface area (Å²) in [6.45, 7) is 0. The van der Waals surface area contributed by atoms with Gasteiger partial charge in [-0.15, -0.1) is 0 Å². The zero-order valence-electron chi connectivity index (χ0n) is 17.3. The number of hydrogen-bond acceptors (Lipinski definition) is 4. The number of fused-ring (bicyclic) bond motifs is 1. The monoisotopic (exact) mass is 432 g/mol. The molecule has 160 valence electrons. The van der Waals surface area contributed by atoms with Crippen LogP contribution in [-0.4, -0.2) is 26.8 Å². The van der Waals surface area contributed by atoms with E-state index in [0.717, 1.165) is 0 Å². The second-order valence-corrected chi connectivity index (χ2v) is 7.05. The van der Waals surface area contributed by atoms with E-state index in [1.165, 1.54) is 38.5 Å². The Kier molecular flexibility index (Phi) is 5.69. The molecule has 4 rings (SSSR count). The molecular formula is C26H18F2O4. The van der Waals surface area contributed by atoms with Gasteiger partial charge in [0.1, 0.15) is 23.1 Å². The molecule has 0 saturated heterocycles. The summed E-state index contributed by atoms with van der Waals surface area (Å²) < 4.78 is 38.3. The van der Waals surface area contributed by atoms with Crippen LogP contribution in [0.15, 0.2) is 60.7 Å². The highest BCUT2D eigenvalue weighted by Crippen LogP contribution is 2.48. The molecular weight excluding hydrogens is 414 g/mol. The molecule has 0 aliphatic carbocycles. The van der Waals surface area contributed by atoms with Gasteiger partial charge in [0, 0.05) is 16.5 Å². The molecule has 0 N–H and O–H groups in total. The van der Waals surface area contributed by atoms with Crippen LogP contribution in [0.3, 0.4) is 0 Å². The lowest BCUT2D eigenvalue weighted by Gasteiger charge is -2.22. The van der Waals surface area contributed by atoms with E-state index in [4.69, 9.17) is 9.47 Å². The molecule has 4 nitrogen and oxygen atoms in total. The molecule has 0 saturated carbocycles. The molecule has 0 aliphatic rings. The zero-order valence-corrected chi connectivity index (χ0v) is 17.3. The van der Waals surface area contributed by atoms with E-state index in [1.807, 2.05) is 0 Å². The molecule has 0 fully saturated rings. The molecule has 0 amide bonds. The first-order valence-corrected chi connectivity index (χ1v) is 9.70. The van der Waals surface area contributed by atoms with Gasteiger partial charge in [-0.1, -0.05) is 24.3 Å². The van der Waals surface area contributed by atoms with Crippen LogP contribution in [-0.2, 0) is 0 Å². The summed E-state index contributed by atoms with van der Waals surface area (Å²) in [5, 5.41) is 0.929. The first-order chi connectivity index (χ1) is 15.5. The van der Waals surface area contributed by atoms with Crippen molar-refractivity contribution >= 4 is 23.3 Å². The van der Waals surface area contributed by atoms with E-state index in [1.54, 1.807) is 36.4 Å². The largest absolute Gasteiger partial charge is 0.496 e. The quantitative estimate of drug-likeness (QED) is 0.346. The number of carbonyl (C=O) groups excluding carboxylic acids is 2. The fourth-order valence-electron chi connectivity index (χ4n) is 4.02. The molecule has 0 spiro atoms. The third-order valence-corrected chi connectivity index (χ3v) is 5.39. The average molecular weight is 432 g/mol.